The van der Waals surface area contributed by atoms with Crippen molar-refractivity contribution in [1.82, 2.24) is 24.4 Å². The number of nitrogens with one attached hydrogen (secondary N) is 1. The van der Waals surface area contributed by atoms with E-state index in [1.54, 1.807) is 12.3 Å². The van der Waals surface area contributed by atoms with Crippen molar-refractivity contribution in [2.45, 2.75) is 45.2 Å². The number of aromatic amines is 1. The summed E-state index contributed by atoms with van der Waals surface area (Å²) in [4.78, 5) is 26.6. The van der Waals surface area contributed by atoms with E-state index in [9.17, 15) is 9.18 Å². The number of hydrogen-bond donors (Lipinski definition) is 1. The second kappa shape index (κ2) is 6.90. The van der Waals surface area contributed by atoms with Gasteiger partial charge in [-0.1, -0.05) is 0 Å². The van der Waals surface area contributed by atoms with Crippen LogP contribution in [-0.4, -0.2) is 36.9 Å². The van der Waals surface area contributed by atoms with E-state index in [0.29, 0.717) is 11.9 Å². The van der Waals surface area contributed by atoms with Gasteiger partial charge in [0.1, 0.15) is 17.5 Å². The Bertz CT molecular complexity index is 931. The van der Waals surface area contributed by atoms with Gasteiger partial charge in [0.25, 0.3) is 0 Å². The minimum absolute atomic E-state index is 0.0482. The van der Waals surface area contributed by atoms with Crippen molar-refractivity contribution in [3.05, 3.63) is 48.1 Å². The minimum atomic E-state index is -0.290. The average molecular weight is 355 g/mol. The Labute approximate surface area is 151 Å². The van der Waals surface area contributed by atoms with E-state index >= 15 is 0 Å². The molecule has 1 fully saturated rings. The highest BCUT2D eigenvalue weighted by Crippen LogP contribution is 2.32. The summed E-state index contributed by atoms with van der Waals surface area (Å²) in [6, 6.07) is 4.47. The molecule has 0 unspecified atom stereocenters. The molecule has 2 aromatic heterocycles. The van der Waals surface area contributed by atoms with Crippen LogP contribution in [-0.2, 0) is 11.3 Å². The second-order valence-corrected chi connectivity index (χ2v) is 6.80. The maximum absolute atomic E-state index is 13.4. The fourth-order valence-electron chi connectivity index (χ4n) is 3.69. The predicted octanol–water partition coefficient (Wildman–Crippen LogP) is 3.35. The van der Waals surface area contributed by atoms with Crippen LogP contribution in [0, 0.1) is 12.7 Å². The van der Waals surface area contributed by atoms with Crippen LogP contribution >= 0.6 is 0 Å². The Morgan fingerprint density at radius 2 is 2.31 bits per heavy atom. The van der Waals surface area contributed by atoms with Gasteiger partial charge in [-0.25, -0.2) is 14.4 Å². The molecule has 1 N–H and O–H groups in total. The first-order valence-corrected chi connectivity index (χ1v) is 9.04. The summed E-state index contributed by atoms with van der Waals surface area (Å²) in [7, 11) is 0. The summed E-state index contributed by atoms with van der Waals surface area (Å²) >= 11 is 0. The van der Waals surface area contributed by atoms with E-state index in [-0.39, 0.29) is 17.8 Å². The Kier molecular flexibility index (Phi) is 4.44. The molecule has 0 spiro atoms. The number of benzene rings is 1. The lowest BCUT2D eigenvalue weighted by atomic mass is 10.2. The van der Waals surface area contributed by atoms with E-state index in [1.807, 2.05) is 18.0 Å². The normalized spacial score (nSPS) is 17.3. The molecule has 1 aromatic carbocycles. The molecule has 1 amide bonds. The number of likely N-dealkylation sites (tertiary alicyclic amines) is 1. The third kappa shape index (κ3) is 3.21. The molecule has 6 nitrogen and oxygen atoms in total. The topological polar surface area (TPSA) is 66.8 Å². The van der Waals surface area contributed by atoms with Crippen molar-refractivity contribution in [2.24, 2.45) is 0 Å². The fourth-order valence-corrected chi connectivity index (χ4v) is 3.69. The van der Waals surface area contributed by atoms with Crippen molar-refractivity contribution >= 4 is 16.9 Å². The largest absolute Gasteiger partial charge is 0.340 e. The van der Waals surface area contributed by atoms with Gasteiger partial charge in [-0.05, 0) is 44.4 Å². The van der Waals surface area contributed by atoms with Crippen LogP contribution in [0.15, 0.2) is 30.6 Å². The van der Waals surface area contributed by atoms with Crippen LogP contribution in [0.3, 0.4) is 0 Å². The van der Waals surface area contributed by atoms with Gasteiger partial charge in [-0.2, -0.15) is 0 Å². The van der Waals surface area contributed by atoms with Gasteiger partial charge in [-0.3, -0.25) is 4.79 Å². The first kappa shape index (κ1) is 16.8. The molecule has 7 heteroatoms. The van der Waals surface area contributed by atoms with Crippen LogP contribution < -0.4 is 0 Å². The molecule has 1 aliphatic heterocycles. The molecule has 26 heavy (non-hydrogen) atoms. The molecule has 1 saturated heterocycles. The molecule has 136 valence electrons. The van der Waals surface area contributed by atoms with Crippen LogP contribution in [0.25, 0.3) is 11.0 Å². The lowest BCUT2D eigenvalue weighted by Crippen LogP contribution is -2.31. The van der Waals surface area contributed by atoms with Gasteiger partial charge in [0.2, 0.25) is 5.91 Å². The summed E-state index contributed by atoms with van der Waals surface area (Å²) in [6.45, 7) is 3.50. The Balaban J connectivity index is 1.43. The highest BCUT2D eigenvalue weighted by molar-refractivity contribution is 5.78. The first-order valence-electron chi connectivity index (χ1n) is 9.04. The average Bonchev–Trinajstić information content (AvgIpc) is 3.33. The molecule has 3 aromatic rings. The zero-order valence-electron chi connectivity index (χ0n) is 14.8. The number of aryl methyl sites for hydroxylation is 2. The van der Waals surface area contributed by atoms with Gasteiger partial charge in [0, 0.05) is 31.9 Å². The second-order valence-electron chi connectivity index (χ2n) is 6.80. The molecule has 3 heterocycles. The molecule has 0 bridgehead atoms. The number of aromatic nitrogens is 4. The smallest absolute Gasteiger partial charge is 0.223 e. The van der Waals surface area contributed by atoms with Gasteiger partial charge in [0.15, 0.2) is 0 Å². The molecule has 4 rings (SSSR count). The number of H-pyrrole nitrogens is 1. The number of rotatable bonds is 5. The maximum Gasteiger partial charge on any atom is 0.223 e. The van der Waals surface area contributed by atoms with E-state index < -0.39 is 0 Å². The third-order valence-corrected chi connectivity index (χ3v) is 5.06. The summed E-state index contributed by atoms with van der Waals surface area (Å²) in [5, 5.41) is 0. The molecule has 1 atom stereocenters. The lowest BCUT2D eigenvalue weighted by molar-refractivity contribution is -0.132. The summed E-state index contributed by atoms with van der Waals surface area (Å²) < 4.78 is 15.5. The predicted molar refractivity (Wildman–Crippen MR) is 95.9 cm³/mol. The van der Waals surface area contributed by atoms with Crippen molar-refractivity contribution in [3.63, 3.8) is 0 Å². The number of amides is 1. The Morgan fingerprint density at radius 3 is 3.12 bits per heavy atom. The third-order valence-electron chi connectivity index (χ3n) is 5.06. The van der Waals surface area contributed by atoms with E-state index in [4.69, 9.17) is 0 Å². The minimum Gasteiger partial charge on any atom is -0.340 e. The number of fused-ring (bicyclic) bond motifs is 1. The van der Waals surface area contributed by atoms with Gasteiger partial charge in [0.05, 0.1) is 17.1 Å². The SMILES string of the molecule is Cc1nccn1CCCC(=O)N1CCC[C@@H]1c1nc2ccc(F)cc2[nH]1. The molecular weight excluding hydrogens is 333 g/mol. The number of halogens is 1. The number of hydrogen-bond acceptors (Lipinski definition) is 3. The van der Waals surface area contributed by atoms with Crippen molar-refractivity contribution in [3.8, 4) is 0 Å². The monoisotopic (exact) mass is 355 g/mol. The van der Waals surface area contributed by atoms with Crippen LogP contribution in [0.2, 0.25) is 0 Å². The summed E-state index contributed by atoms with van der Waals surface area (Å²) in [5.74, 6) is 1.58. The van der Waals surface area contributed by atoms with Gasteiger partial charge < -0.3 is 14.5 Å². The quantitative estimate of drug-likeness (QED) is 0.763. The Morgan fingerprint density at radius 1 is 1.42 bits per heavy atom. The summed E-state index contributed by atoms with van der Waals surface area (Å²) in [5.41, 5.74) is 1.41. The molecule has 0 aliphatic carbocycles. The van der Waals surface area contributed by atoms with Crippen molar-refractivity contribution in [1.29, 1.82) is 0 Å². The van der Waals surface area contributed by atoms with E-state index in [2.05, 4.69) is 19.5 Å². The lowest BCUT2D eigenvalue weighted by Gasteiger charge is -2.23. The van der Waals surface area contributed by atoms with Crippen molar-refractivity contribution < 1.29 is 9.18 Å². The molecular formula is C19H22FN5O. The fraction of sp³-hybridized carbons (Fsp3) is 0.421. The summed E-state index contributed by atoms with van der Waals surface area (Å²) in [6.07, 6.45) is 6.84. The standard InChI is InChI=1S/C19H22FN5O/c1-13-21-8-11-24(13)9-3-5-18(26)25-10-2-4-17(25)19-22-15-7-6-14(20)12-16(15)23-19/h6-8,11-12,17H,2-5,9-10H2,1H3,(H,22,23)/t17-/m1/s1. The van der Waals surface area contributed by atoms with Crippen LogP contribution in [0.1, 0.15) is 43.4 Å². The number of imidazole rings is 2. The Hall–Kier alpha value is -2.70. The zero-order chi connectivity index (χ0) is 18.1. The molecule has 0 saturated carbocycles. The number of nitrogens with zero attached hydrogens (tertiary/aromatic N) is 4. The van der Waals surface area contributed by atoms with Crippen LogP contribution in [0.5, 0.6) is 0 Å². The van der Waals surface area contributed by atoms with Crippen molar-refractivity contribution in [2.75, 3.05) is 6.54 Å². The molecule has 1 aliphatic rings. The van der Waals surface area contributed by atoms with Crippen LogP contribution in [0.4, 0.5) is 4.39 Å². The van der Waals surface area contributed by atoms with E-state index in [0.717, 1.165) is 49.5 Å². The van der Waals surface area contributed by atoms with Gasteiger partial charge in [-0.15, -0.1) is 0 Å². The highest BCUT2D eigenvalue weighted by atomic mass is 19.1. The van der Waals surface area contributed by atoms with E-state index in [1.165, 1.54) is 12.1 Å². The number of carbonyl (C=O) groups excluding carboxylic acids is 1. The number of carbonyl (C=O) groups is 1. The molecule has 0 radical (unpaired) electrons. The maximum atomic E-state index is 13.4. The van der Waals surface area contributed by atoms with Gasteiger partial charge >= 0.3 is 0 Å². The highest BCUT2D eigenvalue weighted by Gasteiger charge is 2.31. The zero-order valence-corrected chi connectivity index (χ0v) is 14.8. The first-order chi connectivity index (χ1) is 12.6.